The molecule has 5 heteroatoms. The highest BCUT2D eigenvalue weighted by atomic mass is 16.5. The van der Waals surface area contributed by atoms with Crippen LogP contribution in [0.1, 0.15) is 24.8 Å². The number of methoxy groups -OCH3 is 1. The molecule has 1 aliphatic carbocycles. The summed E-state index contributed by atoms with van der Waals surface area (Å²) >= 11 is 0. The van der Waals surface area contributed by atoms with Crippen LogP contribution in [0.3, 0.4) is 0 Å². The fourth-order valence-corrected chi connectivity index (χ4v) is 2.12. The number of benzene rings is 1. The molecular weight excluding hydrogens is 270 g/mol. The van der Waals surface area contributed by atoms with Crippen molar-refractivity contribution in [1.82, 2.24) is 5.32 Å². The van der Waals surface area contributed by atoms with Crippen LogP contribution in [0, 0.1) is 5.92 Å². The number of carbonyl (C=O) groups excluding carboxylic acids is 2. The van der Waals surface area contributed by atoms with Gasteiger partial charge in [-0.2, -0.15) is 0 Å². The summed E-state index contributed by atoms with van der Waals surface area (Å²) < 4.78 is 10.1. The number of esters is 1. The molecule has 1 fully saturated rings. The van der Waals surface area contributed by atoms with Crippen LogP contribution in [0.25, 0.3) is 0 Å². The van der Waals surface area contributed by atoms with Crippen LogP contribution in [0.15, 0.2) is 30.3 Å². The van der Waals surface area contributed by atoms with E-state index in [0.717, 1.165) is 18.4 Å². The molecule has 1 aliphatic rings. The topological polar surface area (TPSA) is 64.6 Å². The van der Waals surface area contributed by atoms with Crippen molar-refractivity contribution in [2.45, 2.75) is 31.9 Å². The molecule has 1 aromatic rings. The van der Waals surface area contributed by atoms with Gasteiger partial charge in [-0.05, 0) is 17.9 Å². The van der Waals surface area contributed by atoms with Crippen LogP contribution in [0.2, 0.25) is 0 Å². The summed E-state index contributed by atoms with van der Waals surface area (Å²) in [6.07, 6.45) is 2.89. The number of nitrogens with one attached hydrogen (secondary N) is 1. The van der Waals surface area contributed by atoms with Gasteiger partial charge in [-0.3, -0.25) is 4.79 Å². The van der Waals surface area contributed by atoms with Crippen molar-refractivity contribution in [2.24, 2.45) is 5.92 Å². The molecule has 114 valence electrons. The van der Waals surface area contributed by atoms with Gasteiger partial charge in [0.05, 0.1) is 13.7 Å². The Bertz CT molecular complexity index is 470. The van der Waals surface area contributed by atoms with Gasteiger partial charge >= 0.3 is 5.97 Å². The SMILES string of the molecule is COC(=O)[C@H](CC1CC1)NC(=O)COCc1ccccc1. The Labute approximate surface area is 124 Å². The fourth-order valence-electron chi connectivity index (χ4n) is 2.12. The molecule has 21 heavy (non-hydrogen) atoms. The molecule has 1 atom stereocenters. The summed E-state index contributed by atoms with van der Waals surface area (Å²) in [6.45, 7) is 0.312. The molecule has 0 aromatic heterocycles. The summed E-state index contributed by atoms with van der Waals surface area (Å²) in [6, 6.07) is 9.07. The maximum absolute atomic E-state index is 11.8. The lowest BCUT2D eigenvalue weighted by Gasteiger charge is -2.16. The Kier molecular flexibility index (Phi) is 5.75. The summed E-state index contributed by atoms with van der Waals surface area (Å²) in [7, 11) is 1.33. The minimum Gasteiger partial charge on any atom is -0.467 e. The van der Waals surface area contributed by atoms with Crippen molar-refractivity contribution in [3.8, 4) is 0 Å². The molecule has 1 saturated carbocycles. The smallest absolute Gasteiger partial charge is 0.328 e. The van der Waals surface area contributed by atoms with Crippen molar-refractivity contribution < 1.29 is 19.1 Å². The number of carbonyl (C=O) groups is 2. The highest BCUT2D eigenvalue weighted by Gasteiger charge is 2.30. The lowest BCUT2D eigenvalue weighted by Crippen LogP contribution is -2.43. The largest absolute Gasteiger partial charge is 0.467 e. The number of hydrogen-bond donors (Lipinski definition) is 1. The van der Waals surface area contributed by atoms with E-state index >= 15 is 0 Å². The van der Waals surface area contributed by atoms with Gasteiger partial charge in [0.25, 0.3) is 0 Å². The van der Waals surface area contributed by atoms with Crippen molar-refractivity contribution in [2.75, 3.05) is 13.7 Å². The standard InChI is InChI=1S/C16H21NO4/c1-20-16(19)14(9-12-7-8-12)17-15(18)11-21-10-13-5-3-2-4-6-13/h2-6,12,14H,7-11H2,1H3,(H,17,18)/t14-/m0/s1. The van der Waals surface area contributed by atoms with Gasteiger partial charge in [-0.25, -0.2) is 4.79 Å². The number of rotatable bonds is 8. The van der Waals surface area contributed by atoms with Crippen molar-refractivity contribution in [1.29, 1.82) is 0 Å². The lowest BCUT2D eigenvalue weighted by atomic mass is 10.1. The molecule has 0 heterocycles. The van der Waals surface area contributed by atoms with E-state index in [-0.39, 0.29) is 12.5 Å². The maximum Gasteiger partial charge on any atom is 0.328 e. The van der Waals surface area contributed by atoms with Crippen molar-refractivity contribution in [3.05, 3.63) is 35.9 Å². The quantitative estimate of drug-likeness (QED) is 0.740. The second kappa shape index (κ2) is 7.78. The van der Waals surface area contributed by atoms with Crippen LogP contribution in [0.5, 0.6) is 0 Å². The van der Waals surface area contributed by atoms with E-state index < -0.39 is 12.0 Å². The monoisotopic (exact) mass is 291 g/mol. The molecule has 0 bridgehead atoms. The second-order valence-electron chi connectivity index (χ2n) is 5.30. The molecule has 0 unspecified atom stereocenters. The zero-order valence-electron chi connectivity index (χ0n) is 12.2. The maximum atomic E-state index is 11.8. The van der Waals surface area contributed by atoms with E-state index in [4.69, 9.17) is 9.47 Å². The average molecular weight is 291 g/mol. The Morgan fingerprint density at radius 2 is 2.00 bits per heavy atom. The zero-order chi connectivity index (χ0) is 15.1. The highest BCUT2D eigenvalue weighted by molar-refractivity contribution is 5.85. The fraction of sp³-hybridized carbons (Fsp3) is 0.500. The summed E-state index contributed by atoms with van der Waals surface area (Å²) in [5, 5.41) is 2.69. The molecular formula is C16H21NO4. The third-order valence-electron chi connectivity index (χ3n) is 3.43. The van der Waals surface area contributed by atoms with Crippen molar-refractivity contribution in [3.63, 3.8) is 0 Å². The van der Waals surface area contributed by atoms with Gasteiger partial charge in [0, 0.05) is 0 Å². The predicted octanol–water partition coefficient (Wildman–Crippen LogP) is 1.66. The Morgan fingerprint density at radius 1 is 1.29 bits per heavy atom. The minimum atomic E-state index is -0.560. The number of amides is 1. The van der Waals surface area contributed by atoms with Crippen LogP contribution in [-0.4, -0.2) is 31.6 Å². The molecule has 2 rings (SSSR count). The van der Waals surface area contributed by atoms with E-state index in [9.17, 15) is 9.59 Å². The molecule has 0 spiro atoms. The third kappa shape index (κ3) is 5.55. The van der Waals surface area contributed by atoms with Gasteiger partial charge in [0.2, 0.25) is 5.91 Å². The van der Waals surface area contributed by atoms with E-state index in [1.165, 1.54) is 7.11 Å². The van der Waals surface area contributed by atoms with E-state index in [1.54, 1.807) is 0 Å². The first-order valence-electron chi connectivity index (χ1n) is 7.18. The number of hydrogen-bond acceptors (Lipinski definition) is 4. The molecule has 0 saturated heterocycles. The summed E-state index contributed by atoms with van der Waals surface area (Å²) in [5.41, 5.74) is 1.01. The number of ether oxygens (including phenoxy) is 2. The second-order valence-corrected chi connectivity index (χ2v) is 5.30. The van der Waals surface area contributed by atoms with Crippen LogP contribution < -0.4 is 5.32 Å². The van der Waals surface area contributed by atoms with Gasteiger partial charge in [0.15, 0.2) is 0 Å². The Morgan fingerprint density at radius 3 is 2.62 bits per heavy atom. The molecule has 0 radical (unpaired) electrons. The van der Waals surface area contributed by atoms with Crippen LogP contribution >= 0.6 is 0 Å². The van der Waals surface area contributed by atoms with E-state index in [2.05, 4.69) is 5.32 Å². The predicted molar refractivity (Wildman–Crippen MR) is 77.4 cm³/mol. The highest BCUT2D eigenvalue weighted by Crippen LogP contribution is 2.33. The first-order chi connectivity index (χ1) is 10.2. The molecule has 5 nitrogen and oxygen atoms in total. The zero-order valence-corrected chi connectivity index (χ0v) is 12.2. The Hall–Kier alpha value is -1.88. The summed E-state index contributed by atoms with van der Waals surface area (Å²) in [4.78, 5) is 23.5. The van der Waals surface area contributed by atoms with Crippen LogP contribution in [-0.2, 0) is 25.7 Å². The summed E-state index contributed by atoms with van der Waals surface area (Å²) in [5.74, 6) is -0.153. The molecule has 1 amide bonds. The van der Waals surface area contributed by atoms with E-state index in [0.29, 0.717) is 18.9 Å². The molecule has 1 N–H and O–H groups in total. The van der Waals surface area contributed by atoms with Crippen LogP contribution in [0.4, 0.5) is 0 Å². The Balaban J connectivity index is 1.72. The molecule has 1 aromatic carbocycles. The third-order valence-corrected chi connectivity index (χ3v) is 3.43. The molecule has 0 aliphatic heterocycles. The minimum absolute atomic E-state index is 0.0624. The van der Waals surface area contributed by atoms with Gasteiger partial charge in [0.1, 0.15) is 12.6 Å². The van der Waals surface area contributed by atoms with Crippen molar-refractivity contribution >= 4 is 11.9 Å². The van der Waals surface area contributed by atoms with Gasteiger partial charge < -0.3 is 14.8 Å². The van der Waals surface area contributed by atoms with Gasteiger partial charge in [-0.1, -0.05) is 43.2 Å². The normalized spacial score (nSPS) is 15.3. The first kappa shape index (κ1) is 15.5. The van der Waals surface area contributed by atoms with Gasteiger partial charge in [-0.15, -0.1) is 0 Å². The first-order valence-corrected chi connectivity index (χ1v) is 7.18. The van der Waals surface area contributed by atoms with E-state index in [1.807, 2.05) is 30.3 Å². The average Bonchev–Trinajstić information content (AvgIpc) is 3.31. The lowest BCUT2D eigenvalue weighted by molar-refractivity contribution is -0.146.